The molecule has 1 unspecified atom stereocenters. The smallest absolute Gasteiger partial charge is 0.233 e. The number of para-hydroxylation sites is 1. The number of aliphatic hydroxyl groups excluding tert-OH is 1. The molecule has 0 saturated carbocycles. The van der Waals surface area contributed by atoms with Crippen LogP contribution in [0.2, 0.25) is 0 Å². The normalized spacial score (nSPS) is 19.0. The van der Waals surface area contributed by atoms with E-state index in [4.69, 9.17) is 4.42 Å². The number of furan rings is 1. The molecule has 1 aromatic heterocycles. The third-order valence-corrected chi connectivity index (χ3v) is 5.46. The maximum absolute atomic E-state index is 12.8. The van der Waals surface area contributed by atoms with Gasteiger partial charge in [0.2, 0.25) is 5.91 Å². The Morgan fingerprint density at radius 1 is 1.35 bits per heavy atom. The summed E-state index contributed by atoms with van der Waals surface area (Å²) in [5.41, 5.74) is 0.824. The predicted octanol–water partition coefficient (Wildman–Crippen LogP) is 3.55. The van der Waals surface area contributed by atoms with Crippen LogP contribution in [-0.2, 0) is 4.79 Å². The average molecular weight is 315 g/mol. The highest BCUT2D eigenvalue weighted by molar-refractivity contribution is 5.85. The summed E-state index contributed by atoms with van der Waals surface area (Å²) in [4.78, 5) is 14.7. The van der Waals surface area contributed by atoms with Crippen LogP contribution < -0.4 is 0 Å². The molecule has 1 aliphatic rings. The van der Waals surface area contributed by atoms with Gasteiger partial charge < -0.3 is 14.4 Å². The lowest BCUT2D eigenvalue weighted by Gasteiger charge is -2.40. The minimum atomic E-state index is -0.273. The van der Waals surface area contributed by atoms with E-state index in [0.717, 1.165) is 49.1 Å². The molecule has 1 aliphatic heterocycles. The molecule has 23 heavy (non-hydrogen) atoms. The monoisotopic (exact) mass is 315 g/mol. The summed E-state index contributed by atoms with van der Waals surface area (Å²) in [6.07, 6.45) is 2.71. The van der Waals surface area contributed by atoms with Gasteiger partial charge in [-0.15, -0.1) is 0 Å². The minimum Gasteiger partial charge on any atom is -0.460 e. The van der Waals surface area contributed by atoms with Crippen LogP contribution in [0.3, 0.4) is 0 Å². The highest BCUT2D eigenvalue weighted by Gasteiger charge is 2.35. The van der Waals surface area contributed by atoms with E-state index in [1.807, 2.05) is 42.2 Å². The number of aliphatic hydroxyl groups is 1. The van der Waals surface area contributed by atoms with Gasteiger partial charge in [0.05, 0.1) is 5.92 Å². The Labute approximate surface area is 137 Å². The van der Waals surface area contributed by atoms with Crippen LogP contribution in [0.1, 0.15) is 44.8 Å². The second kappa shape index (κ2) is 6.36. The topological polar surface area (TPSA) is 53.7 Å². The highest BCUT2D eigenvalue weighted by Crippen LogP contribution is 2.35. The molecule has 2 aromatic rings. The Bertz CT molecular complexity index is 644. The van der Waals surface area contributed by atoms with Crippen molar-refractivity contribution in [2.24, 2.45) is 5.41 Å². The second-order valence-corrected chi connectivity index (χ2v) is 6.75. The van der Waals surface area contributed by atoms with E-state index in [9.17, 15) is 9.90 Å². The maximum Gasteiger partial charge on any atom is 0.233 e. The summed E-state index contributed by atoms with van der Waals surface area (Å²) in [5.74, 6) is 0.572. The Balaban J connectivity index is 1.70. The van der Waals surface area contributed by atoms with Crippen LogP contribution in [0.15, 0.2) is 34.7 Å². The number of amides is 1. The molecular weight excluding hydrogens is 290 g/mol. The molecule has 124 valence electrons. The number of hydrogen-bond acceptors (Lipinski definition) is 3. The van der Waals surface area contributed by atoms with Gasteiger partial charge >= 0.3 is 0 Å². The average Bonchev–Trinajstić information content (AvgIpc) is 3.04. The van der Waals surface area contributed by atoms with E-state index in [1.54, 1.807) is 0 Å². The van der Waals surface area contributed by atoms with Crippen molar-refractivity contribution >= 4 is 16.9 Å². The van der Waals surface area contributed by atoms with Crippen molar-refractivity contribution in [3.63, 3.8) is 0 Å². The van der Waals surface area contributed by atoms with Gasteiger partial charge in [-0.25, -0.2) is 0 Å². The predicted molar refractivity (Wildman–Crippen MR) is 90.3 cm³/mol. The fraction of sp³-hybridized carbons (Fsp3) is 0.526. The third-order valence-electron chi connectivity index (χ3n) is 5.46. The van der Waals surface area contributed by atoms with Crippen LogP contribution in [-0.4, -0.2) is 35.6 Å². The molecule has 2 heterocycles. The van der Waals surface area contributed by atoms with Crippen LogP contribution >= 0.6 is 0 Å². The molecule has 1 saturated heterocycles. The number of hydrogen-bond donors (Lipinski definition) is 1. The summed E-state index contributed by atoms with van der Waals surface area (Å²) in [6, 6.07) is 9.79. The van der Waals surface area contributed by atoms with Crippen molar-refractivity contribution in [2.75, 3.05) is 19.7 Å². The zero-order valence-corrected chi connectivity index (χ0v) is 13.9. The molecule has 3 rings (SSSR count). The van der Waals surface area contributed by atoms with Crippen LogP contribution in [0, 0.1) is 5.41 Å². The Morgan fingerprint density at radius 3 is 2.65 bits per heavy atom. The summed E-state index contributed by atoms with van der Waals surface area (Å²) in [5, 5.41) is 10.6. The van der Waals surface area contributed by atoms with E-state index in [1.165, 1.54) is 0 Å². The first-order chi connectivity index (χ1) is 11.1. The van der Waals surface area contributed by atoms with Crippen molar-refractivity contribution in [1.82, 2.24) is 4.90 Å². The van der Waals surface area contributed by atoms with Gasteiger partial charge in [-0.1, -0.05) is 25.1 Å². The number of carbonyl (C=O) groups excluding carboxylic acids is 1. The number of rotatable bonds is 4. The second-order valence-electron chi connectivity index (χ2n) is 6.75. The molecule has 4 nitrogen and oxygen atoms in total. The molecule has 1 atom stereocenters. The largest absolute Gasteiger partial charge is 0.460 e. The Hall–Kier alpha value is -1.81. The van der Waals surface area contributed by atoms with Crippen molar-refractivity contribution in [2.45, 2.75) is 39.0 Å². The number of likely N-dealkylation sites (tertiary alicyclic amines) is 1. The van der Waals surface area contributed by atoms with Gasteiger partial charge in [0.15, 0.2) is 0 Å². The first kappa shape index (κ1) is 16.1. The molecule has 0 bridgehead atoms. The lowest BCUT2D eigenvalue weighted by molar-refractivity contribution is -0.135. The quantitative estimate of drug-likeness (QED) is 0.939. The zero-order chi connectivity index (χ0) is 16.4. The first-order valence-corrected chi connectivity index (χ1v) is 8.47. The van der Waals surface area contributed by atoms with Crippen LogP contribution in [0.25, 0.3) is 11.0 Å². The molecule has 1 aromatic carbocycles. The minimum absolute atomic E-state index is 0.000615. The van der Waals surface area contributed by atoms with Crippen LogP contribution in [0.4, 0.5) is 0 Å². The summed E-state index contributed by atoms with van der Waals surface area (Å²) < 4.78 is 5.84. The standard InChI is InChI=1S/C19H25NO3/c1-3-19(13-21)8-10-20(11-9-19)18(22)14(2)17-12-15-6-4-5-7-16(15)23-17/h4-7,12,14,21H,3,8-11,13H2,1-2H3. The SMILES string of the molecule is CCC1(CO)CCN(C(=O)C(C)c2cc3ccccc3o2)CC1. The molecule has 1 fully saturated rings. The molecule has 1 amide bonds. The van der Waals surface area contributed by atoms with Crippen molar-refractivity contribution in [3.8, 4) is 0 Å². The lowest BCUT2D eigenvalue weighted by atomic mass is 9.77. The summed E-state index contributed by atoms with van der Waals surface area (Å²) >= 11 is 0. The molecule has 0 spiro atoms. The number of carbonyl (C=O) groups is 1. The van der Waals surface area contributed by atoms with E-state index in [2.05, 4.69) is 6.92 Å². The first-order valence-electron chi connectivity index (χ1n) is 8.47. The number of fused-ring (bicyclic) bond motifs is 1. The molecular formula is C19H25NO3. The molecule has 0 radical (unpaired) electrons. The highest BCUT2D eigenvalue weighted by atomic mass is 16.3. The van der Waals surface area contributed by atoms with Gasteiger partial charge in [-0.05, 0) is 43.7 Å². The fourth-order valence-corrected chi connectivity index (χ4v) is 3.44. The van der Waals surface area contributed by atoms with Crippen molar-refractivity contribution in [1.29, 1.82) is 0 Å². The van der Waals surface area contributed by atoms with Gasteiger partial charge in [0.1, 0.15) is 11.3 Å². The van der Waals surface area contributed by atoms with Gasteiger partial charge in [0, 0.05) is 25.1 Å². The Kier molecular flexibility index (Phi) is 4.44. The Morgan fingerprint density at radius 2 is 2.04 bits per heavy atom. The van der Waals surface area contributed by atoms with Gasteiger partial charge in [-0.3, -0.25) is 4.79 Å². The van der Waals surface area contributed by atoms with E-state index >= 15 is 0 Å². The number of benzene rings is 1. The maximum atomic E-state index is 12.8. The van der Waals surface area contributed by atoms with Gasteiger partial charge in [-0.2, -0.15) is 0 Å². The van der Waals surface area contributed by atoms with Gasteiger partial charge in [0.25, 0.3) is 0 Å². The molecule has 0 aliphatic carbocycles. The van der Waals surface area contributed by atoms with E-state index in [0.29, 0.717) is 0 Å². The van der Waals surface area contributed by atoms with Crippen molar-refractivity contribution < 1.29 is 14.3 Å². The van der Waals surface area contributed by atoms with E-state index in [-0.39, 0.29) is 23.8 Å². The summed E-state index contributed by atoms with van der Waals surface area (Å²) in [6.45, 7) is 5.68. The molecule has 1 N–H and O–H groups in total. The van der Waals surface area contributed by atoms with Crippen molar-refractivity contribution in [3.05, 3.63) is 36.1 Å². The number of piperidine rings is 1. The summed E-state index contributed by atoms with van der Waals surface area (Å²) in [7, 11) is 0. The zero-order valence-electron chi connectivity index (χ0n) is 13.9. The van der Waals surface area contributed by atoms with Crippen LogP contribution in [0.5, 0.6) is 0 Å². The third kappa shape index (κ3) is 3.00. The lowest BCUT2D eigenvalue weighted by Crippen LogP contribution is -2.45. The molecule has 4 heteroatoms. The fourth-order valence-electron chi connectivity index (χ4n) is 3.44. The number of nitrogens with zero attached hydrogens (tertiary/aromatic N) is 1. The van der Waals surface area contributed by atoms with E-state index < -0.39 is 0 Å².